The second-order valence-electron chi connectivity index (χ2n) is 3.73. The van der Waals surface area contributed by atoms with Gasteiger partial charge in [0.15, 0.2) is 11.5 Å². The minimum atomic E-state index is -0.560. The van der Waals surface area contributed by atoms with Crippen molar-refractivity contribution in [1.29, 1.82) is 0 Å². The van der Waals surface area contributed by atoms with E-state index < -0.39 is 6.10 Å². The lowest BCUT2D eigenvalue weighted by atomic mass is 10.0. The number of benzene rings is 1. The number of hydrogen-bond acceptors (Lipinski definition) is 4. The van der Waals surface area contributed by atoms with E-state index in [1.165, 1.54) is 0 Å². The summed E-state index contributed by atoms with van der Waals surface area (Å²) in [6.07, 6.45) is 0.880. The molecule has 1 unspecified atom stereocenters. The Bertz CT molecular complexity index is 338. The molecule has 1 N–H and O–H groups in total. The van der Waals surface area contributed by atoms with E-state index in [1.807, 2.05) is 18.2 Å². The van der Waals surface area contributed by atoms with Crippen molar-refractivity contribution in [3.63, 3.8) is 0 Å². The molecule has 1 rings (SSSR count). The summed E-state index contributed by atoms with van der Waals surface area (Å²) < 4.78 is 15.4. The van der Waals surface area contributed by atoms with Crippen LogP contribution in [0.5, 0.6) is 11.5 Å². The molecule has 4 heteroatoms. The summed E-state index contributed by atoms with van der Waals surface area (Å²) in [5, 5.41) is 10.1. The molecule has 0 radical (unpaired) electrons. The van der Waals surface area contributed by atoms with Gasteiger partial charge in [0, 0.05) is 19.3 Å². The van der Waals surface area contributed by atoms with Crippen LogP contribution < -0.4 is 9.47 Å². The smallest absolute Gasteiger partial charge is 0.166 e. The van der Waals surface area contributed by atoms with Gasteiger partial charge in [0.25, 0.3) is 0 Å². The number of ether oxygens (including phenoxy) is 3. The molecule has 0 saturated carbocycles. The van der Waals surface area contributed by atoms with Crippen LogP contribution in [-0.4, -0.2) is 33.0 Å². The predicted octanol–water partition coefficient (Wildman–Crippen LogP) is 2.16. The average molecular weight is 240 g/mol. The van der Waals surface area contributed by atoms with Gasteiger partial charge in [0.2, 0.25) is 0 Å². The lowest BCUT2D eigenvalue weighted by molar-refractivity contribution is 0.133. The number of rotatable bonds is 7. The molecule has 1 aromatic carbocycles. The summed E-state index contributed by atoms with van der Waals surface area (Å²) >= 11 is 0. The van der Waals surface area contributed by atoms with E-state index in [4.69, 9.17) is 14.2 Å². The molecule has 96 valence electrons. The molecule has 1 atom stereocenters. The molecule has 1 aromatic rings. The summed E-state index contributed by atoms with van der Waals surface area (Å²) in [6, 6.07) is 5.50. The third-order valence-electron chi connectivity index (χ3n) is 2.62. The van der Waals surface area contributed by atoms with Crippen LogP contribution in [0.1, 0.15) is 24.5 Å². The SMILES string of the molecule is COCCCC(O)c1cccc(OC)c1OC. The molecule has 0 aliphatic rings. The highest BCUT2D eigenvalue weighted by molar-refractivity contribution is 5.47. The Morgan fingerprint density at radius 3 is 2.53 bits per heavy atom. The van der Waals surface area contributed by atoms with Crippen LogP contribution in [0.15, 0.2) is 18.2 Å². The van der Waals surface area contributed by atoms with Gasteiger partial charge in [-0.25, -0.2) is 0 Å². The first-order valence-electron chi connectivity index (χ1n) is 5.62. The first-order chi connectivity index (χ1) is 8.24. The number of methoxy groups -OCH3 is 3. The minimum Gasteiger partial charge on any atom is -0.493 e. The highest BCUT2D eigenvalue weighted by Crippen LogP contribution is 2.35. The summed E-state index contributed by atoms with van der Waals surface area (Å²) in [4.78, 5) is 0. The maximum atomic E-state index is 10.1. The normalized spacial score (nSPS) is 12.2. The molecule has 0 saturated heterocycles. The fourth-order valence-corrected chi connectivity index (χ4v) is 1.75. The van der Waals surface area contributed by atoms with Crippen molar-refractivity contribution < 1.29 is 19.3 Å². The van der Waals surface area contributed by atoms with Gasteiger partial charge in [-0.2, -0.15) is 0 Å². The number of hydrogen-bond donors (Lipinski definition) is 1. The minimum absolute atomic E-state index is 0.560. The monoisotopic (exact) mass is 240 g/mol. The molecule has 0 aliphatic heterocycles. The molecule has 0 aliphatic carbocycles. The van der Waals surface area contributed by atoms with Crippen LogP contribution in [-0.2, 0) is 4.74 Å². The summed E-state index contributed by atoms with van der Waals surface area (Å²) in [7, 11) is 4.81. The first kappa shape index (κ1) is 13.8. The van der Waals surface area contributed by atoms with Crippen molar-refractivity contribution in [2.75, 3.05) is 27.9 Å². The van der Waals surface area contributed by atoms with Crippen molar-refractivity contribution in [3.05, 3.63) is 23.8 Å². The van der Waals surface area contributed by atoms with Gasteiger partial charge in [0.1, 0.15) is 0 Å². The maximum absolute atomic E-state index is 10.1. The molecule has 0 aromatic heterocycles. The van der Waals surface area contributed by atoms with Crippen molar-refractivity contribution >= 4 is 0 Å². The largest absolute Gasteiger partial charge is 0.493 e. The Labute approximate surface area is 102 Å². The average Bonchev–Trinajstić information content (AvgIpc) is 2.37. The van der Waals surface area contributed by atoms with Crippen LogP contribution in [0, 0.1) is 0 Å². The van der Waals surface area contributed by atoms with E-state index in [0.29, 0.717) is 24.5 Å². The zero-order chi connectivity index (χ0) is 12.7. The first-order valence-corrected chi connectivity index (χ1v) is 5.62. The summed E-state index contributed by atoms with van der Waals surface area (Å²) in [5.41, 5.74) is 0.753. The van der Waals surface area contributed by atoms with Gasteiger partial charge in [-0.1, -0.05) is 12.1 Å². The maximum Gasteiger partial charge on any atom is 0.166 e. The van der Waals surface area contributed by atoms with Crippen molar-refractivity contribution in [1.82, 2.24) is 0 Å². The topological polar surface area (TPSA) is 47.9 Å². The molecule has 0 spiro atoms. The van der Waals surface area contributed by atoms with Crippen molar-refractivity contribution in [2.24, 2.45) is 0 Å². The highest BCUT2D eigenvalue weighted by atomic mass is 16.5. The van der Waals surface area contributed by atoms with E-state index in [1.54, 1.807) is 21.3 Å². The van der Waals surface area contributed by atoms with Crippen molar-refractivity contribution in [2.45, 2.75) is 18.9 Å². The molecular weight excluding hydrogens is 220 g/mol. The highest BCUT2D eigenvalue weighted by Gasteiger charge is 2.16. The Hall–Kier alpha value is -1.26. The van der Waals surface area contributed by atoms with E-state index in [0.717, 1.165) is 12.0 Å². The van der Waals surface area contributed by atoms with Gasteiger partial charge in [-0.15, -0.1) is 0 Å². The molecule has 0 fully saturated rings. The van der Waals surface area contributed by atoms with Gasteiger partial charge in [0.05, 0.1) is 20.3 Å². The third kappa shape index (κ3) is 3.61. The molecule has 17 heavy (non-hydrogen) atoms. The fourth-order valence-electron chi connectivity index (χ4n) is 1.75. The van der Waals surface area contributed by atoms with Crippen LogP contribution >= 0.6 is 0 Å². The van der Waals surface area contributed by atoms with Gasteiger partial charge >= 0.3 is 0 Å². The van der Waals surface area contributed by atoms with E-state index in [9.17, 15) is 5.11 Å². The number of para-hydroxylation sites is 1. The number of aliphatic hydroxyl groups excluding tert-OH is 1. The summed E-state index contributed by atoms with van der Waals surface area (Å²) in [6.45, 7) is 0.642. The van der Waals surface area contributed by atoms with Crippen molar-refractivity contribution in [3.8, 4) is 11.5 Å². The second-order valence-corrected chi connectivity index (χ2v) is 3.73. The second kappa shape index (κ2) is 7.14. The van der Waals surface area contributed by atoms with Crippen LogP contribution in [0.3, 0.4) is 0 Å². The van der Waals surface area contributed by atoms with E-state index in [-0.39, 0.29) is 0 Å². The molecular formula is C13H20O4. The van der Waals surface area contributed by atoms with E-state index in [2.05, 4.69) is 0 Å². The van der Waals surface area contributed by atoms with Gasteiger partial charge in [-0.3, -0.25) is 0 Å². The fraction of sp³-hybridized carbons (Fsp3) is 0.538. The zero-order valence-corrected chi connectivity index (χ0v) is 10.6. The van der Waals surface area contributed by atoms with Crippen LogP contribution in [0.25, 0.3) is 0 Å². The van der Waals surface area contributed by atoms with Crippen LogP contribution in [0.4, 0.5) is 0 Å². The van der Waals surface area contributed by atoms with Crippen LogP contribution in [0.2, 0.25) is 0 Å². The lowest BCUT2D eigenvalue weighted by Crippen LogP contribution is -2.03. The standard InChI is InChI=1S/C13H20O4/c1-15-9-5-7-11(14)10-6-4-8-12(16-2)13(10)17-3/h4,6,8,11,14H,5,7,9H2,1-3H3. The third-order valence-corrected chi connectivity index (χ3v) is 2.62. The molecule has 4 nitrogen and oxygen atoms in total. The molecule has 0 heterocycles. The molecule has 0 bridgehead atoms. The zero-order valence-electron chi connectivity index (χ0n) is 10.6. The Kier molecular flexibility index (Phi) is 5.80. The Balaban J connectivity index is 2.81. The quantitative estimate of drug-likeness (QED) is 0.742. The number of aliphatic hydroxyl groups is 1. The predicted molar refractivity (Wildman–Crippen MR) is 65.6 cm³/mol. The summed E-state index contributed by atoms with van der Waals surface area (Å²) in [5.74, 6) is 1.23. The van der Waals surface area contributed by atoms with Gasteiger partial charge < -0.3 is 19.3 Å². The van der Waals surface area contributed by atoms with E-state index >= 15 is 0 Å². The Morgan fingerprint density at radius 1 is 1.18 bits per heavy atom. The van der Waals surface area contributed by atoms with Gasteiger partial charge in [-0.05, 0) is 18.9 Å². The lowest BCUT2D eigenvalue weighted by Gasteiger charge is -2.16. The molecule has 0 amide bonds. The Morgan fingerprint density at radius 2 is 1.94 bits per heavy atom.